The van der Waals surface area contributed by atoms with Gasteiger partial charge in [-0.15, -0.1) is 0 Å². The van der Waals surface area contributed by atoms with Crippen LogP contribution in [0.1, 0.15) is 5.56 Å². The Morgan fingerprint density at radius 1 is 1.45 bits per heavy atom. The lowest BCUT2D eigenvalue weighted by Gasteiger charge is -2.38. The van der Waals surface area contributed by atoms with Crippen LogP contribution in [0, 0.1) is 0 Å². The molecule has 2 heterocycles. The van der Waals surface area contributed by atoms with E-state index in [1.54, 1.807) is 0 Å². The molecule has 1 atom stereocenters. The van der Waals surface area contributed by atoms with Gasteiger partial charge in [-0.1, -0.05) is 22.0 Å². The van der Waals surface area contributed by atoms with Crippen molar-refractivity contribution >= 4 is 27.6 Å². The van der Waals surface area contributed by atoms with Gasteiger partial charge in [0.05, 0.1) is 6.04 Å². The van der Waals surface area contributed by atoms with Gasteiger partial charge in [-0.25, -0.2) is 4.79 Å². The zero-order valence-corrected chi connectivity index (χ0v) is 13.1. The van der Waals surface area contributed by atoms with E-state index in [9.17, 15) is 4.79 Å². The van der Waals surface area contributed by atoms with E-state index in [1.807, 2.05) is 11.9 Å². The summed E-state index contributed by atoms with van der Waals surface area (Å²) >= 11 is 3.56. The minimum Gasteiger partial charge on any atom is -0.367 e. The summed E-state index contributed by atoms with van der Waals surface area (Å²) in [5.41, 5.74) is 2.55. The quantitative estimate of drug-likeness (QED) is 0.875. The SMILES string of the molecule is CNCc1ccc(Br)cc1N1CCN2C(=O)NCC2C1. The highest BCUT2D eigenvalue weighted by atomic mass is 79.9. The molecule has 6 heteroatoms. The van der Waals surface area contributed by atoms with E-state index in [0.29, 0.717) is 0 Å². The van der Waals surface area contributed by atoms with Crippen molar-refractivity contribution in [1.82, 2.24) is 15.5 Å². The predicted molar refractivity (Wildman–Crippen MR) is 83.0 cm³/mol. The van der Waals surface area contributed by atoms with E-state index >= 15 is 0 Å². The molecule has 2 N–H and O–H groups in total. The third-order valence-electron chi connectivity index (χ3n) is 3.99. The molecule has 1 aromatic rings. The molecule has 0 saturated carbocycles. The van der Waals surface area contributed by atoms with Crippen LogP contribution in [0.2, 0.25) is 0 Å². The molecular weight excluding hydrogens is 320 g/mol. The molecule has 2 saturated heterocycles. The van der Waals surface area contributed by atoms with Gasteiger partial charge in [-0.2, -0.15) is 0 Å². The van der Waals surface area contributed by atoms with Crippen molar-refractivity contribution in [2.75, 3.05) is 38.1 Å². The number of amides is 2. The van der Waals surface area contributed by atoms with Crippen LogP contribution >= 0.6 is 15.9 Å². The lowest BCUT2D eigenvalue weighted by atomic mass is 10.1. The summed E-state index contributed by atoms with van der Waals surface area (Å²) in [6.07, 6.45) is 0. The minimum atomic E-state index is 0.0827. The highest BCUT2D eigenvalue weighted by molar-refractivity contribution is 9.10. The van der Waals surface area contributed by atoms with Crippen molar-refractivity contribution < 1.29 is 4.79 Å². The summed E-state index contributed by atoms with van der Waals surface area (Å²) in [4.78, 5) is 16.0. The van der Waals surface area contributed by atoms with Gasteiger partial charge in [0, 0.05) is 42.9 Å². The molecule has 2 aliphatic heterocycles. The average molecular weight is 339 g/mol. The van der Waals surface area contributed by atoms with Gasteiger partial charge in [0.15, 0.2) is 0 Å². The van der Waals surface area contributed by atoms with Crippen LogP contribution < -0.4 is 15.5 Å². The standard InChI is InChI=1S/C14H19BrN4O/c1-16-7-10-2-3-11(15)6-13(10)18-4-5-19-12(9-18)8-17-14(19)20/h2-3,6,12,16H,4-5,7-9H2,1H3,(H,17,20). The monoisotopic (exact) mass is 338 g/mol. The Kier molecular flexibility index (Phi) is 3.85. The summed E-state index contributed by atoms with van der Waals surface area (Å²) in [6.45, 7) is 4.18. The number of hydrogen-bond acceptors (Lipinski definition) is 3. The van der Waals surface area contributed by atoms with E-state index < -0.39 is 0 Å². The molecule has 108 valence electrons. The first-order chi connectivity index (χ1) is 9.69. The number of carbonyl (C=O) groups is 1. The van der Waals surface area contributed by atoms with Gasteiger partial charge in [0.1, 0.15) is 0 Å². The van der Waals surface area contributed by atoms with Gasteiger partial charge in [-0.05, 0) is 24.7 Å². The molecular formula is C14H19BrN4O. The summed E-state index contributed by atoms with van der Waals surface area (Å²) in [5.74, 6) is 0. The van der Waals surface area contributed by atoms with Crippen molar-refractivity contribution in [3.05, 3.63) is 28.2 Å². The van der Waals surface area contributed by atoms with Crippen LogP contribution in [0.15, 0.2) is 22.7 Å². The van der Waals surface area contributed by atoms with E-state index in [4.69, 9.17) is 0 Å². The Bertz CT molecular complexity index is 522. The average Bonchev–Trinajstić information content (AvgIpc) is 2.82. The Hall–Kier alpha value is -1.27. The number of anilines is 1. The van der Waals surface area contributed by atoms with Crippen LogP contribution in [-0.2, 0) is 6.54 Å². The van der Waals surface area contributed by atoms with E-state index in [2.05, 4.69) is 49.7 Å². The Morgan fingerprint density at radius 2 is 2.30 bits per heavy atom. The van der Waals surface area contributed by atoms with Crippen molar-refractivity contribution in [2.45, 2.75) is 12.6 Å². The molecule has 2 amide bonds. The Morgan fingerprint density at radius 3 is 3.10 bits per heavy atom. The second kappa shape index (κ2) is 5.61. The minimum absolute atomic E-state index is 0.0827. The highest BCUT2D eigenvalue weighted by Crippen LogP contribution is 2.28. The van der Waals surface area contributed by atoms with Crippen molar-refractivity contribution in [2.24, 2.45) is 0 Å². The first-order valence-corrected chi connectivity index (χ1v) is 7.71. The van der Waals surface area contributed by atoms with E-state index in [1.165, 1.54) is 11.3 Å². The largest absolute Gasteiger partial charge is 0.367 e. The topological polar surface area (TPSA) is 47.6 Å². The van der Waals surface area contributed by atoms with Gasteiger partial charge < -0.3 is 20.4 Å². The fourth-order valence-corrected chi connectivity index (χ4v) is 3.34. The third kappa shape index (κ3) is 2.50. The van der Waals surface area contributed by atoms with Gasteiger partial charge >= 0.3 is 6.03 Å². The van der Waals surface area contributed by atoms with Crippen LogP contribution in [0.5, 0.6) is 0 Å². The molecule has 0 spiro atoms. The van der Waals surface area contributed by atoms with Crippen LogP contribution in [-0.4, -0.2) is 50.2 Å². The number of carbonyl (C=O) groups excluding carboxylic acids is 1. The van der Waals surface area contributed by atoms with Crippen molar-refractivity contribution in [3.8, 4) is 0 Å². The number of benzene rings is 1. The number of rotatable bonds is 3. The first kappa shape index (κ1) is 13.7. The second-order valence-electron chi connectivity index (χ2n) is 5.28. The lowest BCUT2D eigenvalue weighted by molar-refractivity contribution is 0.197. The summed E-state index contributed by atoms with van der Waals surface area (Å²) in [5, 5.41) is 6.14. The Labute approximate surface area is 127 Å². The van der Waals surface area contributed by atoms with Crippen LogP contribution in [0.3, 0.4) is 0 Å². The molecule has 1 unspecified atom stereocenters. The maximum atomic E-state index is 11.7. The lowest BCUT2D eigenvalue weighted by Crippen LogP contribution is -2.52. The normalized spacial score (nSPS) is 21.9. The fourth-order valence-electron chi connectivity index (χ4n) is 2.99. The van der Waals surface area contributed by atoms with Gasteiger partial charge in [0.2, 0.25) is 0 Å². The molecule has 1 aromatic carbocycles. The maximum Gasteiger partial charge on any atom is 0.317 e. The second-order valence-corrected chi connectivity index (χ2v) is 6.20. The number of piperazine rings is 1. The van der Waals surface area contributed by atoms with Gasteiger partial charge in [-0.3, -0.25) is 0 Å². The Balaban J connectivity index is 1.83. The zero-order valence-electron chi connectivity index (χ0n) is 11.5. The molecule has 0 aliphatic carbocycles. The van der Waals surface area contributed by atoms with E-state index in [0.717, 1.165) is 37.2 Å². The third-order valence-corrected chi connectivity index (χ3v) is 4.48. The number of fused-ring (bicyclic) bond motifs is 1. The smallest absolute Gasteiger partial charge is 0.317 e. The molecule has 5 nitrogen and oxygen atoms in total. The van der Waals surface area contributed by atoms with Gasteiger partial charge in [0.25, 0.3) is 0 Å². The number of urea groups is 1. The van der Waals surface area contributed by atoms with Crippen LogP contribution in [0.4, 0.5) is 10.5 Å². The zero-order chi connectivity index (χ0) is 14.1. The molecule has 2 aliphatic rings. The molecule has 0 radical (unpaired) electrons. The molecule has 20 heavy (non-hydrogen) atoms. The summed E-state index contributed by atoms with van der Waals surface area (Å²) in [7, 11) is 1.96. The molecule has 0 bridgehead atoms. The molecule has 3 rings (SSSR count). The number of halogens is 1. The molecule has 0 aromatic heterocycles. The summed E-state index contributed by atoms with van der Waals surface area (Å²) in [6, 6.07) is 6.77. The fraction of sp³-hybridized carbons (Fsp3) is 0.500. The summed E-state index contributed by atoms with van der Waals surface area (Å²) < 4.78 is 1.09. The van der Waals surface area contributed by atoms with Crippen molar-refractivity contribution in [3.63, 3.8) is 0 Å². The highest BCUT2D eigenvalue weighted by Gasteiger charge is 2.35. The predicted octanol–water partition coefficient (Wildman–Crippen LogP) is 1.38. The number of nitrogens with zero attached hydrogens (tertiary/aromatic N) is 2. The molecule has 2 fully saturated rings. The maximum absolute atomic E-state index is 11.7. The van der Waals surface area contributed by atoms with E-state index in [-0.39, 0.29) is 12.1 Å². The van der Waals surface area contributed by atoms with Crippen molar-refractivity contribution in [1.29, 1.82) is 0 Å². The number of hydrogen-bond donors (Lipinski definition) is 2. The van der Waals surface area contributed by atoms with Crippen LogP contribution in [0.25, 0.3) is 0 Å². The first-order valence-electron chi connectivity index (χ1n) is 6.91. The number of nitrogens with one attached hydrogen (secondary N) is 2.